The van der Waals surface area contributed by atoms with Crippen molar-refractivity contribution in [2.45, 2.75) is 6.92 Å². The van der Waals surface area contributed by atoms with Crippen molar-refractivity contribution < 1.29 is 19.0 Å². The van der Waals surface area contributed by atoms with E-state index >= 15 is 0 Å². The zero-order valence-electron chi connectivity index (χ0n) is 12.0. The summed E-state index contributed by atoms with van der Waals surface area (Å²) in [5.74, 6) is -1.42. The van der Waals surface area contributed by atoms with E-state index in [4.69, 9.17) is 4.74 Å². The van der Waals surface area contributed by atoms with Gasteiger partial charge in [0.15, 0.2) is 0 Å². The molecule has 22 heavy (non-hydrogen) atoms. The molecule has 0 atom stereocenters. The standard InChI is InChI=1S/C16H13FN2O3/c1-9-7-18-14-6-10(11(16(20)21)8-19(9)14)15-12(17)4-3-5-13(15)22-2/h3-8H,1-2H3,(H,20,21). The maximum absolute atomic E-state index is 14.3. The summed E-state index contributed by atoms with van der Waals surface area (Å²) in [5, 5.41) is 9.47. The second-order valence-corrected chi connectivity index (χ2v) is 4.85. The Morgan fingerprint density at radius 1 is 1.41 bits per heavy atom. The summed E-state index contributed by atoms with van der Waals surface area (Å²) in [6.45, 7) is 1.81. The number of carbonyl (C=O) groups is 1. The molecule has 6 heteroatoms. The summed E-state index contributed by atoms with van der Waals surface area (Å²) in [7, 11) is 1.41. The Labute approximate surface area is 125 Å². The Morgan fingerprint density at radius 2 is 2.18 bits per heavy atom. The Morgan fingerprint density at radius 3 is 2.86 bits per heavy atom. The molecule has 0 saturated heterocycles. The van der Waals surface area contributed by atoms with Crippen molar-refractivity contribution in [2.75, 3.05) is 7.11 Å². The van der Waals surface area contributed by atoms with Gasteiger partial charge in [-0.3, -0.25) is 0 Å². The van der Waals surface area contributed by atoms with Crippen molar-refractivity contribution >= 4 is 11.6 Å². The second kappa shape index (κ2) is 5.14. The summed E-state index contributed by atoms with van der Waals surface area (Å²) in [6, 6.07) is 5.92. The Hall–Kier alpha value is -2.89. The van der Waals surface area contributed by atoms with Crippen molar-refractivity contribution in [3.05, 3.63) is 53.7 Å². The molecule has 112 valence electrons. The number of aryl methyl sites for hydroxylation is 1. The van der Waals surface area contributed by atoms with Gasteiger partial charge in [-0.25, -0.2) is 14.2 Å². The molecule has 0 aliphatic rings. The number of rotatable bonds is 3. The highest BCUT2D eigenvalue weighted by Gasteiger charge is 2.20. The number of hydrogen-bond acceptors (Lipinski definition) is 3. The summed E-state index contributed by atoms with van der Waals surface area (Å²) >= 11 is 0. The van der Waals surface area contributed by atoms with Crippen molar-refractivity contribution in [3.8, 4) is 16.9 Å². The molecule has 1 aromatic carbocycles. The van der Waals surface area contributed by atoms with E-state index in [1.807, 2.05) is 6.92 Å². The number of hydrogen-bond donors (Lipinski definition) is 1. The highest BCUT2D eigenvalue weighted by molar-refractivity contribution is 5.97. The van der Waals surface area contributed by atoms with Crippen molar-refractivity contribution in [2.24, 2.45) is 0 Å². The van der Waals surface area contributed by atoms with Crippen LogP contribution in [0.4, 0.5) is 4.39 Å². The lowest BCUT2D eigenvalue weighted by molar-refractivity contribution is 0.0697. The van der Waals surface area contributed by atoms with Gasteiger partial charge in [0.2, 0.25) is 0 Å². The number of aromatic nitrogens is 2. The Kier molecular flexibility index (Phi) is 3.29. The largest absolute Gasteiger partial charge is 0.496 e. The first kappa shape index (κ1) is 14.1. The molecule has 2 heterocycles. The molecule has 0 spiro atoms. The fourth-order valence-electron chi connectivity index (χ4n) is 2.46. The molecule has 0 bridgehead atoms. The number of fused-ring (bicyclic) bond motifs is 1. The van der Waals surface area contributed by atoms with Gasteiger partial charge >= 0.3 is 5.97 Å². The molecule has 0 amide bonds. The number of carboxylic acids is 1. The molecule has 0 radical (unpaired) electrons. The number of ether oxygens (including phenoxy) is 1. The van der Waals surface area contributed by atoms with Gasteiger partial charge in [0.05, 0.1) is 18.2 Å². The molecular formula is C16H13FN2O3. The monoisotopic (exact) mass is 300 g/mol. The van der Waals surface area contributed by atoms with Crippen molar-refractivity contribution in [1.29, 1.82) is 0 Å². The zero-order valence-corrected chi connectivity index (χ0v) is 12.0. The van der Waals surface area contributed by atoms with Crippen LogP contribution < -0.4 is 4.74 Å². The number of imidazole rings is 1. The number of aromatic carboxylic acids is 1. The first-order valence-electron chi connectivity index (χ1n) is 6.57. The number of carboxylic acid groups (broad SMARTS) is 1. The van der Waals surface area contributed by atoms with E-state index in [9.17, 15) is 14.3 Å². The molecule has 5 nitrogen and oxygen atoms in total. The number of benzene rings is 1. The van der Waals surface area contributed by atoms with Gasteiger partial charge in [0, 0.05) is 23.7 Å². The molecule has 0 fully saturated rings. The molecule has 0 aliphatic carbocycles. The highest BCUT2D eigenvalue weighted by atomic mass is 19.1. The lowest BCUT2D eigenvalue weighted by Crippen LogP contribution is -2.05. The summed E-state index contributed by atoms with van der Waals surface area (Å²) < 4.78 is 21.1. The van der Waals surface area contributed by atoms with E-state index in [0.717, 1.165) is 5.69 Å². The van der Waals surface area contributed by atoms with Crippen molar-refractivity contribution in [3.63, 3.8) is 0 Å². The minimum Gasteiger partial charge on any atom is -0.496 e. The van der Waals surface area contributed by atoms with Crippen LogP contribution in [0.2, 0.25) is 0 Å². The predicted molar refractivity (Wildman–Crippen MR) is 78.8 cm³/mol. The van der Waals surface area contributed by atoms with E-state index in [1.165, 1.54) is 25.4 Å². The average molecular weight is 300 g/mol. The molecular weight excluding hydrogens is 287 g/mol. The predicted octanol–water partition coefficient (Wildman–Crippen LogP) is 3.16. The van der Waals surface area contributed by atoms with Crippen LogP contribution in [0.5, 0.6) is 5.75 Å². The fourth-order valence-corrected chi connectivity index (χ4v) is 2.46. The number of halogens is 1. The first-order valence-corrected chi connectivity index (χ1v) is 6.57. The van der Waals surface area contributed by atoms with Crippen LogP contribution in [0.15, 0.2) is 36.7 Å². The fraction of sp³-hybridized carbons (Fsp3) is 0.125. The lowest BCUT2D eigenvalue weighted by Gasteiger charge is -2.13. The minimum absolute atomic E-state index is 0.0167. The van der Waals surface area contributed by atoms with Crippen LogP contribution in [0.3, 0.4) is 0 Å². The Bertz CT molecular complexity index is 886. The van der Waals surface area contributed by atoms with Crippen LogP contribution >= 0.6 is 0 Å². The van der Waals surface area contributed by atoms with Crippen LogP contribution in [0.25, 0.3) is 16.8 Å². The van der Waals surface area contributed by atoms with Gasteiger partial charge in [-0.15, -0.1) is 0 Å². The Balaban J connectivity index is 2.40. The van der Waals surface area contributed by atoms with Gasteiger partial charge in [-0.05, 0) is 25.1 Å². The highest BCUT2D eigenvalue weighted by Crippen LogP contribution is 2.35. The van der Waals surface area contributed by atoms with E-state index in [1.54, 1.807) is 22.7 Å². The van der Waals surface area contributed by atoms with Crippen LogP contribution in [0.1, 0.15) is 16.1 Å². The molecule has 0 saturated carbocycles. The van der Waals surface area contributed by atoms with E-state index < -0.39 is 11.8 Å². The number of nitrogens with zero attached hydrogens (tertiary/aromatic N) is 2. The van der Waals surface area contributed by atoms with Gasteiger partial charge in [-0.1, -0.05) is 6.07 Å². The molecule has 0 aliphatic heterocycles. The smallest absolute Gasteiger partial charge is 0.337 e. The summed E-state index contributed by atoms with van der Waals surface area (Å²) in [5.41, 5.74) is 1.68. The maximum atomic E-state index is 14.3. The van der Waals surface area contributed by atoms with Crippen LogP contribution in [-0.4, -0.2) is 27.6 Å². The molecule has 3 rings (SSSR count). The lowest BCUT2D eigenvalue weighted by atomic mass is 10.00. The molecule has 1 N–H and O–H groups in total. The minimum atomic E-state index is -1.14. The third-order valence-electron chi connectivity index (χ3n) is 3.53. The maximum Gasteiger partial charge on any atom is 0.337 e. The van der Waals surface area contributed by atoms with Crippen LogP contribution in [0, 0.1) is 12.7 Å². The summed E-state index contributed by atoms with van der Waals surface area (Å²) in [4.78, 5) is 15.8. The van der Waals surface area contributed by atoms with Gasteiger partial charge in [0.1, 0.15) is 17.2 Å². The van der Waals surface area contributed by atoms with Gasteiger partial charge in [0.25, 0.3) is 0 Å². The quantitative estimate of drug-likeness (QED) is 0.807. The molecule has 3 aromatic rings. The zero-order chi connectivity index (χ0) is 15.9. The average Bonchev–Trinajstić information content (AvgIpc) is 2.86. The van der Waals surface area contributed by atoms with Crippen LogP contribution in [-0.2, 0) is 0 Å². The van der Waals surface area contributed by atoms with E-state index in [0.29, 0.717) is 5.65 Å². The van der Waals surface area contributed by atoms with E-state index in [2.05, 4.69) is 4.98 Å². The second-order valence-electron chi connectivity index (χ2n) is 4.85. The first-order chi connectivity index (χ1) is 10.5. The number of methoxy groups -OCH3 is 1. The van der Waals surface area contributed by atoms with E-state index in [-0.39, 0.29) is 22.4 Å². The third kappa shape index (κ3) is 2.09. The van der Waals surface area contributed by atoms with Crippen molar-refractivity contribution in [1.82, 2.24) is 9.38 Å². The van der Waals surface area contributed by atoms with Gasteiger partial charge in [-0.2, -0.15) is 0 Å². The molecule has 0 unspecified atom stereocenters. The number of pyridine rings is 1. The summed E-state index contributed by atoms with van der Waals surface area (Å²) in [6.07, 6.45) is 3.07. The normalized spacial score (nSPS) is 10.9. The van der Waals surface area contributed by atoms with Gasteiger partial charge < -0.3 is 14.2 Å². The third-order valence-corrected chi connectivity index (χ3v) is 3.53. The molecule has 2 aromatic heterocycles. The SMILES string of the molecule is COc1cccc(F)c1-c1cc2ncc(C)n2cc1C(=O)O. The topological polar surface area (TPSA) is 63.8 Å².